The lowest BCUT2D eigenvalue weighted by Crippen LogP contribution is -2.44. The first-order chi connectivity index (χ1) is 16.1. The summed E-state index contributed by atoms with van der Waals surface area (Å²) in [5.41, 5.74) is 2.24. The highest BCUT2D eigenvalue weighted by molar-refractivity contribution is 5.99. The van der Waals surface area contributed by atoms with Crippen LogP contribution in [-0.4, -0.2) is 29.6 Å². The van der Waals surface area contributed by atoms with Gasteiger partial charge >= 0.3 is 5.97 Å². The van der Waals surface area contributed by atoms with E-state index in [0.717, 1.165) is 16.6 Å². The van der Waals surface area contributed by atoms with Crippen molar-refractivity contribution in [2.45, 2.75) is 19.0 Å². The minimum absolute atomic E-state index is 0.0217. The van der Waals surface area contributed by atoms with Gasteiger partial charge in [0, 0.05) is 24.5 Å². The van der Waals surface area contributed by atoms with E-state index in [4.69, 9.17) is 4.74 Å². The number of pyridine rings is 1. The standard InChI is InChI=1S/C27H24N2O4/c1-33-27(32)23(16-19-10-4-2-5-11-19)28-26(31)22-18-29(17-20-12-6-3-7-13-20)24-15-9-8-14-21(24)25(22)30/h2-15,18,23H,16-17H2,1H3,(H,28,31). The maximum atomic E-state index is 13.2. The van der Waals surface area contributed by atoms with Crippen LogP contribution >= 0.6 is 0 Å². The van der Waals surface area contributed by atoms with Crippen LogP contribution in [0.3, 0.4) is 0 Å². The fourth-order valence-electron chi connectivity index (χ4n) is 3.84. The minimum Gasteiger partial charge on any atom is -0.467 e. The molecule has 1 unspecified atom stereocenters. The second kappa shape index (κ2) is 9.96. The van der Waals surface area contributed by atoms with Gasteiger partial charge < -0.3 is 14.6 Å². The number of rotatable bonds is 7. The van der Waals surface area contributed by atoms with Gasteiger partial charge in [0.1, 0.15) is 11.6 Å². The summed E-state index contributed by atoms with van der Waals surface area (Å²) >= 11 is 0. The molecule has 166 valence electrons. The van der Waals surface area contributed by atoms with Gasteiger partial charge in [-0.25, -0.2) is 4.79 Å². The van der Waals surface area contributed by atoms with Crippen LogP contribution in [0.15, 0.2) is 95.9 Å². The van der Waals surface area contributed by atoms with Crippen LogP contribution in [0.1, 0.15) is 21.5 Å². The van der Waals surface area contributed by atoms with Crippen LogP contribution in [0.5, 0.6) is 0 Å². The number of methoxy groups -OCH3 is 1. The lowest BCUT2D eigenvalue weighted by molar-refractivity contribution is -0.142. The summed E-state index contributed by atoms with van der Waals surface area (Å²) in [6.07, 6.45) is 1.81. The fraction of sp³-hybridized carbons (Fsp3) is 0.148. The minimum atomic E-state index is -0.918. The maximum absolute atomic E-state index is 13.2. The largest absolute Gasteiger partial charge is 0.467 e. The van der Waals surface area contributed by atoms with Crippen LogP contribution in [0.25, 0.3) is 10.9 Å². The number of hydrogen-bond acceptors (Lipinski definition) is 4. The molecule has 0 bridgehead atoms. The van der Waals surface area contributed by atoms with Crippen LogP contribution in [-0.2, 0) is 22.5 Å². The quantitative estimate of drug-likeness (QED) is 0.446. The number of hydrogen-bond donors (Lipinski definition) is 1. The zero-order chi connectivity index (χ0) is 23.2. The van der Waals surface area contributed by atoms with Crippen molar-refractivity contribution in [1.29, 1.82) is 0 Å². The number of esters is 1. The van der Waals surface area contributed by atoms with Crippen molar-refractivity contribution >= 4 is 22.8 Å². The first-order valence-electron chi connectivity index (χ1n) is 10.7. The van der Waals surface area contributed by atoms with Crippen molar-refractivity contribution in [3.8, 4) is 0 Å². The van der Waals surface area contributed by atoms with Crippen molar-refractivity contribution in [2.75, 3.05) is 7.11 Å². The predicted octanol–water partition coefficient (Wildman–Crippen LogP) is 3.56. The van der Waals surface area contributed by atoms with Gasteiger partial charge in [0.25, 0.3) is 5.91 Å². The normalized spacial score (nSPS) is 11.7. The van der Waals surface area contributed by atoms with Crippen molar-refractivity contribution in [2.24, 2.45) is 0 Å². The molecule has 0 spiro atoms. The average molecular weight is 440 g/mol. The Morgan fingerprint density at radius 1 is 0.879 bits per heavy atom. The van der Waals surface area contributed by atoms with Gasteiger partial charge in [-0.1, -0.05) is 72.8 Å². The third-order valence-electron chi connectivity index (χ3n) is 5.50. The van der Waals surface area contributed by atoms with Gasteiger partial charge in [0.15, 0.2) is 0 Å². The summed E-state index contributed by atoms with van der Waals surface area (Å²) in [7, 11) is 1.27. The molecule has 0 aliphatic rings. The monoisotopic (exact) mass is 440 g/mol. The molecule has 0 saturated heterocycles. The van der Waals surface area contributed by atoms with E-state index in [1.54, 1.807) is 18.3 Å². The number of carbonyl (C=O) groups is 2. The van der Waals surface area contributed by atoms with E-state index in [0.29, 0.717) is 11.9 Å². The summed E-state index contributed by atoms with van der Waals surface area (Å²) in [5.74, 6) is -1.18. The summed E-state index contributed by atoms with van der Waals surface area (Å²) in [6, 6.07) is 25.4. The zero-order valence-electron chi connectivity index (χ0n) is 18.2. The molecule has 1 N–H and O–H groups in total. The lowest BCUT2D eigenvalue weighted by Gasteiger charge is -2.18. The number of ether oxygens (including phenoxy) is 1. The lowest BCUT2D eigenvalue weighted by atomic mass is 10.0. The molecule has 1 amide bonds. The Hall–Kier alpha value is -4.19. The zero-order valence-corrected chi connectivity index (χ0v) is 18.2. The molecule has 1 atom stereocenters. The number of fused-ring (bicyclic) bond motifs is 1. The highest BCUT2D eigenvalue weighted by Gasteiger charge is 2.24. The molecule has 0 aliphatic heterocycles. The van der Waals surface area contributed by atoms with Crippen molar-refractivity contribution in [3.05, 3.63) is 118 Å². The summed E-state index contributed by atoms with van der Waals surface area (Å²) in [6.45, 7) is 0.492. The van der Waals surface area contributed by atoms with Gasteiger partial charge in [0.2, 0.25) is 5.43 Å². The molecule has 1 aromatic heterocycles. The van der Waals surface area contributed by atoms with Crippen LogP contribution in [0.4, 0.5) is 0 Å². The van der Waals surface area contributed by atoms with Gasteiger partial charge in [-0.15, -0.1) is 0 Å². The third kappa shape index (κ3) is 5.01. The molecule has 3 aromatic carbocycles. The molecule has 6 nitrogen and oxygen atoms in total. The Labute approximate surface area is 191 Å². The van der Waals surface area contributed by atoms with E-state index >= 15 is 0 Å². The van der Waals surface area contributed by atoms with E-state index in [9.17, 15) is 14.4 Å². The van der Waals surface area contributed by atoms with E-state index in [2.05, 4.69) is 5.32 Å². The number of para-hydroxylation sites is 1. The molecule has 0 saturated carbocycles. The molecular weight excluding hydrogens is 416 g/mol. The molecule has 0 radical (unpaired) electrons. The Bertz CT molecular complexity index is 1330. The molecule has 33 heavy (non-hydrogen) atoms. The second-order valence-electron chi connectivity index (χ2n) is 7.74. The second-order valence-corrected chi connectivity index (χ2v) is 7.74. The van der Waals surface area contributed by atoms with E-state index in [1.165, 1.54) is 7.11 Å². The van der Waals surface area contributed by atoms with E-state index in [1.807, 2.05) is 77.4 Å². The average Bonchev–Trinajstić information content (AvgIpc) is 2.86. The summed E-state index contributed by atoms with van der Waals surface area (Å²) in [5, 5.41) is 3.15. The highest BCUT2D eigenvalue weighted by atomic mass is 16.5. The number of amides is 1. The van der Waals surface area contributed by atoms with Crippen molar-refractivity contribution in [1.82, 2.24) is 9.88 Å². The SMILES string of the molecule is COC(=O)C(Cc1ccccc1)NC(=O)c1cn(Cc2ccccc2)c2ccccc2c1=O. The third-order valence-corrected chi connectivity index (χ3v) is 5.50. The Morgan fingerprint density at radius 3 is 2.15 bits per heavy atom. The van der Waals surface area contributed by atoms with Crippen molar-refractivity contribution in [3.63, 3.8) is 0 Å². The Balaban J connectivity index is 1.70. The maximum Gasteiger partial charge on any atom is 0.328 e. The highest BCUT2D eigenvalue weighted by Crippen LogP contribution is 2.15. The molecule has 1 heterocycles. The van der Waals surface area contributed by atoms with Gasteiger partial charge in [0.05, 0.1) is 12.6 Å². The number of benzene rings is 3. The molecule has 0 fully saturated rings. The molecule has 0 aliphatic carbocycles. The van der Waals surface area contributed by atoms with Crippen molar-refractivity contribution < 1.29 is 14.3 Å². The summed E-state index contributed by atoms with van der Waals surface area (Å²) in [4.78, 5) is 38.7. The smallest absolute Gasteiger partial charge is 0.328 e. The molecule has 4 aromatic rings. The number of nitrogens with zero attached hydrogens (tertiary/aromatic N) is 1. The fourth-order valence-corrected chi connectivity index (χ4v) is 3.84. The van der Waals surface area contributed by atoms with Crippen LogP contribution in [0, 0.1) is 0 Å². The van der Waals surface area contributed by atoms with Crippen LogP contribution < -0.4 is 10.7 Å². The van der Waals surface area contributed by atoms with E-state index < -0.39 is 17.9 Å². The Kier molecular flexibility index (Phi) is 6.64. The van der Waals surface area contributed by atoms with Gasteiger partial charge in [-0.05, 0) is 23.3 Å². The number of nitrogens with one attached hydrogen (secondary N) is 1. The molecule has 6 heteroatoms. The first kappa shape index (κ1) is 22.0. The summed E-state index contributed by atoms with van der Waals surface area (Å²) < 4.78 is 6.77. The number of aromatic nitrogens is 1. The topological polar surface area (TPSA) is 77.4 Å². The predicted molar refractivity (Wildman–Crippen MR) is 127 cm³/mol. The van der Waals surface area contributed by atoms with Gasteiger partial charge in [-0.3, -0.25) is 9.59 Å². The van der Waals surface area contributed by atoms with Crippen LogP contribution in [0.2, 0.25) is 0 Å². The molecule has 4 rings (SSSR count). The Morgan fingerprint density at radius 2 is 1.48 bits per heavy atom. The number of carbonyl (C=O) groups excluding carboxylic acids is 2. The van der Waals surface area contributed by atoms with Gasteiger partial charge in [-0.2, -0.15) is 0 Å². The van der Waals surface area contributed by atoms with E-state index in [-0.39, 0.29) is 17.4 Å². The first-order valence-corrected chi connectivity index (χ1v) is 10.7. The molecular formula is C27H24N2O4.